The summed E-state index contributed by atoms with van der Waals surface area (Å²) in [4.78, 5) is 4.71. The van der Waals surface area contributed by atoms with Gasteiger partial charge in [0.05, 0.1) is 41.6 Å². The first-order chi connectivity index (χ1) is 13.1. The number of hydrogen-bond acceptors (Lipinski definition) is 6. The molecule has 0 saturated heterocycles. The summed E-state index contributed by atoms with van der Waals surface area (Å²) in [6.07, 6.45) is 5.46. The van der Waals surface area contributed by atoms with E-state index in [1.54, 1.807) is 16.0 Å². The van der Waals surface area contributed by atoms with Gasteiger partial charge in [-0.05, 0) is 6.07 Å². The smallest absolute Gasteiger partial charge is 0.164 e. The third-order valence-corrected chi connectivity index (χ3v) is 5.79. The van der Waals surface area contributed by atoms with Crippen LogP contribution in [0.5, 0.6) is 0 Å². The summed E-state index contributed by atoms with van der Waals surface area (Å²) >= 11 is 1.57. The number of rotatable bonds is 4. The van der Waals surface area contributed by atoms with Gasteiger partial charge < -0.3 is 4.57 Å². The molecule has 4 aromatic heterocycles. The predicted molar refractivity (Wildman–Crippen MR) is 100.0 cm³/mol. The molecule has 0 spiro atoms. The third-order valence-electron chi connectivity index (χ3n) is 4.71. The summed E-state index contributed by atoms with van der Waals surface area (Å²) in [7, 11) is 3.92. The molecule has 0 atom stereocenters. The standard InChI is InChI=1S/C17H17FN8S/c1-24-4-3-10(23-24)8-26-9-14-11(6-20-26)16-17(25(14)2)21-15(27-16)5-13-12(18)7-19-22-13/h3-4,6-7H,5,8-9H2,1-2H3,(H,19,22). The SMILES string of the molecule is Cn1ccc(CN2Cc3c(c4sc(Cc5n[nH]cc5F)nc4n3C)C=N2)n1. The highest BCUT2D eigenvalue weighted by molar-refractivity contribution is 7.19. The number of hydrogen-bond donors (Lipinski definition) is 1. The Balaban J connectivity index is 1.43. The van der Waals surface area contributed by atoms with E-state index in [9.17, 15) is 4.39 Å². The van der Waals surface area contributed by atoms with Crippen molar-refractivity contribution in [3.63, 3.8) is 0 Å². The van der Waals surface area contributed by atoms with E-state index < -0.39 is 0 Å². The van der Waals surface area contributed by atoms with E-state index in [1.165, 1.54) is 11.9 Å². The number of thiazole rings is 1. The van der Waals surface area contributed by atoms with Gasteiger partial charge in [0.15, 0.2) is 11.5 Å². The lowest BCUT2D eigenvalue weighted by Gasteiger charge is -2.22. The number of nitrogens with zero attached hydrogens (tertiary/aromatic N) is 7. The Labute approximate surface area is 157 Å². The van der Waals surface area contributed by atoms with E-state index >= 15 is 0 Å². The summed E-state index contributed by atoms with van der Waals surface area (Å²) in [5, 5.41) is 18.3. The van der Waals surface area contributed by atoms with Crippen LogP contribution in [0.15, 0.2) is 23.6 Å². The lowest BCUT2D eigenvalue weighted by molar-refractivity contribution is 0.258. The van der Waals surface area contributed by atoms with Gasteiger partial charge in [-0.15, -0.1) is 11.3 Å². The fraction of sp³-hybridized carbons (Fsp3) is 0.294. The number of H-pyrrole nitrogens is 1. The molecule has 0 amide bonds. The van der Waals surface area contributed by atoms with Crippen LogP contribution in [0.4, 0.5) is 4.39 Å². The van der Waals surface area contributed by atoms with Gasteiger partial charge in [-0.3, -0.25) is 14.8 Å². The molecule has 10 heteroatoms. The molecule has 0 aliphatic carbocycles. The third kappa shape index (κ3) is 2.72. The first-order valence-corrected chi connectivity index (χ1v) is 9.32. The van der Waals surface area contributed by atoms with Gasteiger partial charge >= 0.3 is 0 Å². The van der Waals surface area contributed by atoms with E-state index in [1.807, 2.05) is 37.6 Å². The average Bonchev–Trinajstić information content (AvgIpc) is 3.39. The molecule has 8 nitrogen and oxygen atoms in total. The molecule has 5 rings (SSSR count). The molecule has 0 unspecified atom stereocenters. The van der Waals surface area contributed by atoms with E-state index in [2.05, 4.69) is 25.0 Å². The topological polar surface area (TPSA) is 79.9 Å². The number of fused-ring (bicyclic) bond motifs is 3. The molecule has 27 heavy (non-hydrogen) atoms. The number of aromatic amines is 1. The van der Waals surface area contributed by atoms with Crippen LogP contribution in [0.25, 0.3) is 10.3 Å². The minimum Gasteiger partial charge on any atom is -0.329 e. The van der Waals surface area contributed by atoms with Crippen molar-refractivity contribution in [3.05, 3.63) is 51.9 Å². The zero-order valence-corrected chi connectivity index (χ0v) is 15.7. The van der Waals surface area contributed by atoms with E-state index in [4.69, 9.17) is 4.98 Å². The predicted octanol–water partition coefficient (Wildman–Crippen LogP) is 2.17. The van der Waals surface area contributed by atoms with E-state index in [0.29, 0.717) is 25.2 Å². The number of aryl methyl sites for hydroxylation is 2. The summed E-state index contributed by atoms with van der Waals surface area (Å²) in [6.45, 7) is 1.36. The Morgan fingerprint density at radius 1 is 1.33 bits per heavy atom. The lowest BCUT2D eigenvalue weighted by atomic mass is 10.2. The molecule has 1 aliphatic rings. The number of halogens is 1. The van der Waals surface area contributed by atoms with Gasteiger partial charge in [0.25, 0.3) is 0 Å². The minimum absolute atomic E-state index is 0.331. The number of hydrazone groups is 1. The monoisotopic (exact) mass is 384 g/mol. The van der Waals surface area contributed by atoms with E-state index in [-0.39, 0.29) is 5.82 Å². The molecule has 0 aromatic carbocycles. The Hall–Kier alpha value is -3.01. The highest BCUT2D eigenvalue weighted by Crippen LogP contribution is 2.33. The molecule has 0 radical (unpaired) electrons. The molecule has 4 aromatic rings. The summed E-state index contributed by atoms with van der Waals surface area (Å²) < 4.78 is 18.6. The van der Waals surface area contributed by atoms with Gasteiger partial charge in [-0.2, -0.15) is 15.3 Å². The number of nitrogens with one attached hydrogen (secondary N) is 1. The van der Waals surface area contributed by atoms with Crippen molar-refractivity contribution in [2.45, 2.75) is 19.5 Å². The second-order valence-electron chi connectivity index (χ2n) is 6.58. The maximum Gasteiger partial charge on any atom is 0.164 e. The second kappa shape index (κ2) is 6.02. The molecule has 0 bridgehead atoms. The van der Waals surface area contributed by atoms with Crippen LogP contribution in [-0.4, -0.2) is 40.8 Å². The maximum atomic E-state index is 13.6. The van der Waals surface area contributed by atoms with Gasteiger partial charge in [-0.1, -0.05) is 0 Å². The molecule has 138 valence electrons. The Morgan fingerprint density at radius 3 is 2.96 bits per heavy atom. The second-order valence-corrected chi connectivity index (χ2v) is 7.67. The van der Waals surface area contributed by atoms with Crippen LogP contribution in [0.3, 0.4) is 0 Å². The van der Waals surface area contributed by atoms with Crippen LogP contribution >= 0.6 is 11.3 Å². The van der Waals surface area contributed by atoms with Crippen molar-refractivity contribution in [1.29, 1.82) is 0 Å². The van der Waals surface area contributed by atoms with E-state index in [0.717, 1.165) is 26.6 Å². The highest BCUT2D eigenvalue weighted by atomic mass is 32.1. The van der Waals surface area contributed by atoms with Crippen LogP contribution in [-0.2, 0) is 33.6 Å². The van der Waals surface area contributed by atoms with Crippen molar-refractivity contribution in [2.75, 3.05) is 0 Å². The Morgan fingerprint density at radius 2 is 2.22 bits per heavy atom. The first kappa shape index (κ1) is 16.2. The lowest BCUT2D eigenvalue weighted by Crippen LogP contribution is -2.23. The van der Waals surface area contributed by atoms with Crippen molar-refractivity contribution >= 4 is 27.9 Å². The van der Waals surface area contributed by atoms with Crippen LogP contribution in [0, 0.1) is 5.82 Å². The van der Waals surface area contributed by atoms with Gasteiger partial charge in [0, 0.05) is 32.3 Å². The summed E-state index contributed by atoms with van der Waals surface area (Å²) in [5.41, 5.74) is 4.54. The fourth-order valence-corrected chi connectivity index (χ4v) is 4.48. The maximum absolute atomic E-state index is 13.6. The van der Waals surface area contributed by atoms with Crippen molar-refractivity contribution in [1.82, 2.24) is 34.5 Å². The quantitative estimate of drug-likeness (QED) is 0.585. The molecule has 0 saturated carbocycles. The zero-order valence-electron chi connectivity index (χ0n) is 14.8. The van der Waals surface area contributed by atoms with Crippen molar-refractivity contribution in [2.24, 2.45) is 19.2 Å². The van der Waals surface area contributed by atoms with Gasteiger partial charge in [0.2, 0.25) is 0 Å². The Bertz CT molecular complexity index is 1160. The Kier molecular flexibility index (Phi) is 3.61. The molecular formula is C17H17FN8S. The van der Waals surface area contributed by atoms with Crippen molar-refractivity contribution in [3.8, 4) is 0 Å². The normalized spacial score (nSPS) is 13.7. The highest BCUT2D eigenvalue weighted by Gasteiger charge is 2.24. The summed E-state index contributed by atoms with van der Waals surface area (Å²) in [5.74, 6) is -0.331. The average molecular weight is 384 g/mol. The molecule has 1 N–H and O–H groups in total. The largest absolute Gasteiger partial charge is 0.329 e. The van der Waals surface area contributed by atoms with Gasteiger partial charge in [0.1, 0.15) is 10.7 Å². The minimum atomic E-state index is -0.331. The van der Waals surface area contributed by atoms with Crippen LogP contribution in [0.1, 0.15) is 27.7 Å². The van der Waals surface area contributed by atoms with Crippen molar-refractivity contribution < 1.29 is 4.39 Å². The molecular weight excluding hydrogens is 367 g/mol. The number of aromatic nitrogens is 6. The molecule has 1 aliphatic heterocycles. The summed E-state index contributed by atoms with van der Waals surface area (Å²) in [6, 6.07) is 2.00. The van der Waals surface area contributed by atoms with Crippen LogP contribution < -0.4 is 0 Å². The molecule has 0 fully saturated rings. The van der Waals surface area contributed by atoms with Gasteiger partial charge in [-0.25, -0.2) is 9.37 Å². The first-order valence-electron chi connectivity index (χ1n) is 8.51. The fourth-order valence-electron chi connectivity index (χ4n) is 3.35. The van der Waals surface area contributed by atoms with Crippen LogP contribution in [0.2, 0.25) is 0 Å². The molecule has 5 heterocycles. The zero-order chi connectivity index (χ0) is 18.5.